The van der Waals surface area contributed by atoms with E-state index < -0.39 is 29.8 Å². The van der Waals surface area contributed by atoms with Crippen molar-refractivity contribution in [1.82, 2.24) is 4.90 Å². The third-order valence-corrected chi connectivity index (χ3v) is 2.93. The molecule has 1 amide bonds. The van der Waals surface area contributed by atoms with Crippen molar-refractivity contribution in [2.45, 2.75) is 18.6 Å². The predicted octanol–water partition coefficient (Wildman–Crippen LogP) is 0.486. The fourth-order valence-corrected chi connectivity index (χ4v) is 2.06. The second kappa shape index (κ2) is 4.73. The Bertz CT molecular complexity index is 491. The first-order valence-corrected chi connectivity index (χ1v) is 5.47. The van der Waals surface area contributed by atoms with Gasteiger partial charge in [-0.15, -0.1) is 0 Å². The van der Waals surface area contributed by atoms with E-state index in [1.165, 1.54) is 18.2 Å². The Kier molecular flexibility index (Phi) is 3.29. The number of carbonyl (C=O) groups is 2. The van der Waals surface area contributed by atoms with Crippen molar-refractivity contribution in [2.75, 3.05) is 6.54 Å². The van der Waals surface area contributed by atoms with E-state index in [0.717, 1.165) is 11.0 Å². The fourth-order valence-electron chi connectivity index (χ4n) is 2.06. The molecule has 0 bridgehead atoms. The summed E-state index contributed by atoms with van der Waals surface area (Å²) in [5, 5.41) is 18.4. The Morgan fingerprint density at radius 3 is 2.61 bits per heavy atom. The van der Waals surface area contributed by atoms with Gasteiger partial charge in [-0.3, -0.25) is 4.79 Å². The zero-order valence-electron chi connectivity index (χ0n) is 9.41. The normalized spacial score (nSPS) is 23.1. The van der Waals surface area contributed by atoms with Crippen LogP contribution in [0.4, 0.5) is 4.39 Å². The van der Waals surface area contributed by atoms with Crippen LogP contribution in [0.2, 0.25) is 0 Å². The molecule has 18 heavy (non-hydrogen) atoms. The van der Waals surface area contributed by atoms with Crippen LogP contribution in [0.25, 0.3) is 0 Å². The number of carbonyl (C=O) groups excluding carboxylic acids is 1. The number of hydrogen-bond acceptors (Lipinski definition) is 3. The SMILES string of the molecule is O=C(O)[C@@H]1C[C@H](O)CN1C(=O)c1ccccc1F. The molecule has 0 spiro atoms. The lowest BCUT2D eigenvalue weighted by Gasteiger charge is -2.21. The maximum atomic E-state index is 13.5. The molecule has 1 saturated heterocycles. The van der Waals surface area contributed by atoms with Crippen LogP contribution in [0, 0.1) is 5.82 Å². The van der Waals surface area contributed by atoms with Gasteiger partial charge in [0.05, 0.1) is 11.7 Å². The number of hydrogen-bond donors (Lipinski definition) is 2. The van der Waals surface area contributed by atoms with Crippen molar-refractivity contribution < 1.29 is 24.2 Å². The minimum atomic E-state index is -1.20. The maximum absolute atomic E-state index is 13.5. The lowest BCUT2D eigenvalue weighted by molar-refractivity contribution is -0.141. The summed E-state index contributed by atoms with van der Waals surface area (Å²) in [4.78, 5) is 24.0. The number of rotatable bonds is 2. The zero-order chi connectivity index (χ0) is 13.3. The molecule has 1 aliphatic rings. The number of benzene rings is 1. The first-order valence-electron chi connectivity index (χ1n) is 5.47. The van der Waals surface area contributed by atoms with E-state index in [1.54, 1.807) is 0 Å². The monoisotopic (exact) mass is 253 g/mol. The number of aliphatic hydroxyl groups excluding tert-OH is 1. The minimum Gasteiger partial charge on any atom is -0.480 e. The second-order valence-electron chi connectivity index (χ2n) is 4.18. The molecular weight excluding hydrogens is 241 g/mol. The van der Waals surface area contributed by atoms with Gasteiger partial charge in [0.25, 0.3) is 5.91 Å². The topological polar surface area (TPSA) is 77.8 Å². The molecule has 1 aromatic carbocycles. The molecule has 2 atom stereocenters. The van der Waals surface area contributed by atoms with E-state index in [-0.39, 0.29) is 18.5 Å². The summed E-state index contributed by atoms with van der Waals surface area (Å²) in [6, 6.07) is 4.27. The van der Waals surface area contributed by atoms with Crippen LogP contribution >= 0.6 is 0 Å². The van der Waals surface area contributed by atoms with Gasteiger partial charge in [-0.2, -0.15) is 0 Å². The zero-order valence-corrected chi connectivity index (χ0v) is 9.41. The van der Waals surface area contributed by atoms with E-state index in [2.05, 4.69) is 0 Å². The van der Waals surface area contributed by atoms with E-state index in [0.29, 0.717) is 0 Å². The third-order valence-electron chi connectivity index (χ3n) is 2.93. The van der Waals surface area contributed by atoms with Crippen LogP contribution in [-0.2, 0) is 4.79 Å². The molecule has 1 fully saturated rings. The van der Waals surface area contributed by atoms with Crippen LogP contribution in [0.5, 0.6) is 0 Å². The number of aliphatic carboxylic acids is 1. The summed E-state index contributed by atoms with van der Waals surface area (Å²) in [5.41, 5.74) is -0.183. The number of carboxylic acid groups (broad SMARTS) is 1. The van der Waals surface area contributed by atoms with Crippen LogP contribution in [0.1, 0.15) is 16.8 Å². The average molecular weight is 253 g/mol. The highest BCUT2D eigenvalue weighted by Crippen LogP contribution is 2.21. The number of aliphatic hydroxyl groups is 1. The molecule has 1 heterocycles. The van der Waals surface area contributed by atoms with Crippen molar-refractivity contribution in [3.05, 3.63) is 35.6 Å². The summed E-state index contributed by atoms with van der Waals surface area (Å²) < 4.78 is 13.5. The largest absolute Gasteiger partial charge is 0.480 e. The van der Waals surface area contributed by atoms with Crippen molar-refractivity contribution in [2.24, 2.45) is 0 Å². The van der Waals surface area contributed by atoms with Gasteiger partial charge in [0.15, 0.2) is 0 Å². The van der Waals surface area contributed by atoms with Crippen molar-refractivity contribution in [3.63, 3.8) is 0 Å². The Hall–Kier alpha value is -1.95. The van der Waals surface area contributed by atoms with Crippen molar-refractivity contribution >= 4 is 11.9 Å². The van der Waals surface area contributed by atoms with Gasteiger partial charge < -0.3 is 15.1 Å². The van der Waals surface area contributed by atoms with Crippen LogP contribution in [-0.4, -0.2) is 45.7 Å². The van der Waals surface area contributed by atoms with E-state index in [9.17, 15) is 19.1 Å². The van der Waals surface area contributed by atoms with Gasteiger partial charge >= 0.3 is 5.97 Å². The molecular formula is C12H12FNO4. The van der Waals surface area contributed by atoms with Crippen LogP contribution in [0.15, 0.2) is 24.3 Å². The van der Waals surface area contributed by atoms with Gasteiger partial charge in [0, 0.05) is 13.0 Å². The van der Waals surface area contributed by atoms with Gasteiger partial charge in [-0.25, -0.2) is 9.18 Å². The first-order chi connectivity index (χ1) is 8.50. The molecule has 1 aromatic rings. The first kappa shape index (κ1) is 12.5. The standard InChI is InChI=1S/C12H12FNO4/c13-9-4-2-1-3-8(9)11(16)14-6-7(15)5-10(14)12(17)18/h1-4,7,10,15H,5-6H2,(H,17,18)/t7-,10-/m0/s1. The molecule has 96 valence electrons. The number of halogens is 1. The van der Waals surface area contributed by atoms with E-state index >= 15 is 0 Å². The van der Waals surface area contributed by atoms with Gasteiger partial charge in [-0.05, 0) is 12.1 Å². The summed E-state index contributed by atoms with van der Waals surface area (Å²) in [5.74, 6) is -2.61. The van der Waals surface area contributed by atoms with Crippen LogP contribution < -0.4 is 0 Å². The molecule has 0 radical (unpaired) electrons. The molecule has 0 unspecified atom stereocenters. The average Bonchev–Trinajstić information content (AvgIpc) is 2.71. The molecule has 2 rings (SSSR count). The van der Waals surface area contributed by atoms with Crippen LogP contribution in [0.3, 0.4) is 0 Å². The highest BCUT2D eigenvalue weighted by atomic mass is 19.1. The smallest absolute Gasteiger partial charge is 0.326 e. The van der Waals surface area contributed by atoms with Crippen molar-refractivity contribution in [3.8, 4) is 0 Å². The minimum absolute atomic E-state index is 0.0322. The van der Waals surface area contributed by atoms with Gasteiger partial charge in [0.2, 0.25) is 0 Å². The number of carboxylic acids is 1. The number of amides is 1. The molecule has 6 heteroatoms. The molecule has 5 nitrogen and oxygen atoms in total. The summed E-state index contributed by atoms with van der Waals surface area (Å²) in [6.45, 7) is -0.0931. The quantitative estimate of drug-likeness (QED) is 0.804. The maximum Gasteiger partial charge on any atom is 0.326 e. The Labute approximate surface area is 102 Å². The Morgan fingerprint density at radius 1 is 1.33 bits per heavy atom. The number of β-amino-alcohol motifs (C(OH)–C–C–N with tert-alkyl or cyclic N) is 1. The molecule has 0 aromatic heterocycles. The van der Waals surface area contributed by atoms with Gasteiger partial charge in [0.1, 0.15) is 11.9 Å². The predicted molar refractivity (Wildman–Crippen MR) is 59.5 cm³/mol. The number of nitrogens with zero attached hydrogens (tertiary/aromatic N) is 1. The fraction of sp³-hybridized carbons (Fsp3) is 0.333. The highest BCUT2D eigenvalue weighted by molar-refractivity contribution is 5.97. The lowest BCUT2D eigenvalue weighted by atomic mass is 10.1. The number of likely N-dealkylation sites (tertiary alicyclic amines) is 1. The highest BCUT2D eigenvalue weighted by Gasteiger charge is 2.39. The third kappa shape index (κ3) is 2.19. The molecule has 0 aliphatic carbocycles. The van der Waals surface area contributed by atoms with E-state index in [4.69, 9.17) is 5.11 Å². The van der Waals surface area contributed by atoms with Crippen molar-refractivity contribution in [1.29, 1.82) is 0 Å². The summed E-state index contributed by atoms with van der Waals surface area (Å²) in [7, 11) is 0. The molecule has 2 N–H and O–H groups in total. The Balaban J connectivity index is 2.28. The molecule has 0 saturated carbocycles. The summed E-state index contributed by atoms with van der Waals surface area (Å²) >= 11 is 0. The van der Waals surface area contributed by atoms with Gasteiger partial charge in [-0.1, -0.05) is 12.1 Å². The molecule has 1 aliphatic heterocycles. The lowest BCUT2D eigenvalue weighted by Crippen LogP contribution is -2.40. The Morgan fingerprint density at radius 2 is 2.00 bits per heavy atom. The van der Waals surface area contributed by atoms with E-state index in [1.807, 2.05) is 0 Å². The second-order valence-corrected chi connectivity index (χ2v) is 4.18. The summed E-state index contributed by atoms with van der Waals surface area (Å²) in [6.07, 6.45) is -0.919.